The van der Waals surface area contributed by atoms with Crippen molar-refractivity contribution in [2.45, 2.75) is 70.8 Å². The molecule has 3 heteroatoms. The van der Waals surface area contributed by atoms with E-state index in [9.17, 15) is 0 Å². The van der Waals surface area contributed by atoms with E-state index in [4.69, 9.17) is 9.51 Å². The van der Waals surface area contributed by atoms with Crippen molar-refractivity contribution in [1.82, 2.24) is 4.98 Å². The van der Waals surface area contributed by atoms with Crippen molar-refractivity contribution in [3.63, 3.8) is 0 Å². The minimum absolute atomic E-state index is 0.128. The summed E-state index contributed by atoms with van der Waals surface area (Å²) in [6.45, 7) is 13.8. The lowest BCUT2D eigenvalue weighted by atomic mass is 10.1. The van der Waals surface area contributed by atoms with Gasteiger partial charge in [0.1, 0.15) is 6.10 Å². The van der Waals surface area contributed by atoms with Gasteiger partial charge < -0.3 is 4.52 Å². The molecule has 2 nitrogen and oxygen atoms in total. The summed E-state index contributed by atoms with van der Waals surface area (Å²) < 4.78 is 6.76. The molecule has 1 heterocycles. The van der Waals surface area contributed by atoms with Gasteiger partial charge in [-0.3, -0.25) is 0 Å². The highest BCUT2D eigenvalue weighted by Gasteiger charge is 2.39. The van der Waals surface area contributed by atoms with Gasteiger partial charge in [0.25, 0.3) is 0 Å². The van der Waals surface area contributed by atoms with Gasteiger partial charge in [-0.1, -0.05) is 77.9 Å². The Morgan fingerprint density at radius 1 is 0.920 bits per heavy atom. The molecule has 0 radical (unpaired) electrons. The van der Waals surface area contributed by atoms with Crippen molar-refractivity contribution < 1.29 is 4.52 Å². The molecule has 0 amide bonds. The zero-order chi connectivity index (χ0) is 18.2. The molecule has 0 saturated carbocycles. The Morgan fingerprint density at radius 2 is 1.56 bits per heavy atom. The molecule has 0 fully saturated rings. The quantitative estimate of drug-likeness (QED) is 0.568. The lowest BCUT2D eigenvalue weighted by Crippen LogP contribution is -2.27. The van der Waals surface area contributed by atoms with Crippen LogP contribution in [0.1, 0.15) is 65.3 Å². The molecule has 1 aromatic carbocycles. The molecule has 2 aromatic rings. The fourth-order valence-electron chi connectivity index (χ4n) is 3.74. The maximum absolute atomic E-state index is 6.76. The fraction of sp³-hybridized carbons (Fsp3) is 0.500. The molecule has 1 aliphatic carbocycles. The molecule has 0 N–H and O–H groups in total. The average Bonchev–Trinajstić information content (AvgIpc) is 2.93. The van der Waals surface area contributed by atoms with Crippen LogP contribution in [0.3, 0.4) is 0 Å². The summed E-state index contributed by atoms with van der Waals surface area (Å²) in [5.74, 6) is 0. The molecule has 1 aromatic heterocycles. The first kappa shape index (κ1) is 18.5. The minimum atomic E-state index is -0.582. The lowest BCUT2D eigenvalue weighted by Gasteiger charge is -2.41. The van der Waals surface area contributed by atoms with Gasteiger partial charge in [0.05, 0.1) is 11.4 Å². The van der Waals surface area contributed by atoms with Crippen LogP contribution in [0.25, 0.3) is 11.3 Å². The molecule has 1 aliphatic rings. The first-order chi connectivity index (χ1) is 11.7. The predicted octanol–water partition coefficient (Wildman–Crippen LogP) is 6.75. The van der Waals surface area contributed by atoms with Crippen molar-refractivity contribution >= 4 is 8.15 Å². The van der Waals surface area contributed by atoms with Gasteiger partial charge in [-0.2, -0.15) is 0 Å². The van der Waals surface area contributed by atoms with Crippen LogP contribution in [0.4, 0.5) is 0 Å². The Labute approximate surface area is 153 Å². The van der Waals surface area contributed by atoms with E-state index in [1.54, 1.807) is 0 Å². The molecular weight excluding hydrogens is 325 g/mol. The van der Waals surface area contributed by atoms with E-state index in [0.717, 1.165) is 24.2 Å². The van der Waals surface area contributed by atoms with E-state index in [1.165, 1.54) is 11.1 Å². The molecular formula is C22H30NOP. The summed E-state index contributed by atoms with van der Waals surface area (Å²) in [5, 5.41) is 0.320. The first-order valence-corrected chi connectivity index (χ1v) is 10.4. The first-order valence-electron chi connectivity index (χ1n) is 9.18. The largest absolute Gasteiger partial charge is 0.349 e. The third-order valence-corrected chi connectivity index (χ3v) is 7.42. The van der Waals surface area contributed by atoms with Crippen LogP contribution in [0.15, 0.2) is 42.5 Å². The van der Waals surface area contributed by atoms with Crippen molar-refractivity contribution in [3.05, 3.63) is 53.7 Å². The van der Waals surface area contributed by atoms with Crippen LogP contribution in [0, 0.1) is 0 Å². The summed E-state index contributed by atoms with van der Waals surface area (Å²) in [5.41, 5.74) is 4.72. The van der Waals surface area contributed by atoms with Crippen LogP contribution >= 0.6 is 8.15 Å². The van der Waals surface area contributed by atoms with Crippen LogP contribution in [-0.4, -0.2) is 15.3 Å². The molecule has 25 heavy (non-hydrogen) atoms. The smallest absolute Gasteiger partial charge is 0.104 e. The second kappa shape index (κ2) is 6.82. The number of aryl methyl sites for hydroxylation is 1. The van der Waals surface area contributed by atoms with E-state index >= 15 is 0 Å². The maximum atomic E-state index is 6.76. The number of rotatable bonds is 3. The van der Waals surface area contributed by atoms with E-state index in [0.29, 0.717) is 0 Å². The molecule has 0 unspecified atom stereocenters. The number of fused-ring (bicyclic) bond motifs is 1. The summed E-state index contributed by atoms with van der Waals surface area (Å²) in [4.78, 5) is 5.01. The molecule has 0 aliphatic heterocycles. The maximum Gasteiger partial charge on any atom is 0.104 e. The Kier molecular flexibility index (Phi) is 5.06. The minimum Gasteiger partial charge on any atom is -0.349 e. The van der Waals surface area contributed by atoms with Crippen LogP contribution in [0.5, 0.6) is 0 Å². The number of hydrogen-bond donors (Lipinski definition) is 0. The van der Waals surface area contributed by atoms with Gasteiger partial charge >= 0.3 is 0 Å². The summed E-state index contributed by atoms with van der Waals surface area (Å²) in [7, 11) is -0.582. The number of hydrogen-bond acceptors (Lipinski definition) is 2. The average molecular weight is 355 g/mol. The number of benzene rings is 1. The Bertz CT molecular complexity index is 714. The lowest BCUT2D eigenvalue weighted by molar-refractivity contribution is 0.214. The SMILES string of the molecule is CC(C)(C)P(O[C@H]1CCc2ccc(-c3ccccc3)nc21)C(C)(C)C. The van der Waals surface area contributed by atoms with Gasteiger partial charge in [-0.15, -0.1) is 0 Å². The van der Waals surface area contributed by atoms with Gasteiger partial charge in [0.2, 0.25) is 0 Å². The zero-order valence-electron chi connectivity index (χ0n) is 16.3. The van der Waals surface area contributed by atoms with Crippen LogP contribution < -0.4 is 0 Å². The van der Waals surface area contributed by atoms with Crippen molar-refractivity contribution in [1.29, 1.82) is 0 Å². The molecule has 3 rings (SSSR count). The third kappa shape index (κ3) is 4.13. The standard InChI is InChI=1S/C22H30NOP/c1-21(2,3)25(22(4,5)6)24-19-15-13-17-12-14-18(23-20(17)19)16-10-8-7-9-11-16/h7-12,14,19H,13,15H2,1-6H3/t19-/m0/s1. The molecule has 0 spiro atoms. The normalized spacial score (nSPS) is 17.8. The third-order valence-electron chi connectivity index (χ3n) is 4.51. The van der Waals surface area contributed by atoms with E-state index in [1.807, 2.05) is 6.07 Å². The second-order valence-electron chi connectivity index (χ2n) is 8.88. The predicted molar refractivity (Wildman–Crippen MR) is 108 cm³/mol. The Morgan fingerprint density at radius 3 is 2.16 bits per heavy atom. The van der Waals surface area contributed by atoms with Crippen molar-refractivity contribution in [3.8, 4) is 11.3 Å². The monoisotopic (exact) mass is 355 g/mol. The van der Waals surface area contributed by atoms with Crippen LogP contribution in [-0.2, 0) is 10.9 Å². The number of aromatic nitrogens is 1. The van der Waals surface area contributed by atoms with E-state index < -0.39 is 8.15 Å². The highest BCUT2D eigenvalue weighted by Crippen LogP contribution is 2.63. The van der Waals surface area contributed by atoms with Gasteiger partial charge in [0.15, 0.2) is 0 Å². The molecule has 1 atom stereocenters. The number of pyridine rings is 1. The summed E-state index contributed by atoms with van der Waals surface area (Å²) in [6, 6.07) is 14.8. The topological polar surface area (TPSA) is 22.1 Å². The van der Waals surface area contributed by atoms with Gasteiger partial charge in [-0.05, 0) is 24.5 Å². The zero-order valence-corrected chi connectivity index (χ0v) is 17.2. The van der Waals surface area contributed by atoms with Crippen molar-refractivity contribution in [2.24, 2.45) is 0 Å². The molecule has 0 bridgehead atoms. The summed E-state index contributed by atoms with van der Waals surface area (Å²) in [6.07, 6.45) is 2.24. The van der Waals surface area contributed by atoms with Gasteiger partial charge in [0, 0.05) is 24.0 Å². The molecule has 0 saturated heterocycles. The van der Waals surface area contributed by atoms with E-state index in [-0.39, 0.29) is 16.4 Å². The fourth-order valence-corrected chi connectivity index (χ4v) is 6.84. The summed E-state index contributed by atoms with van der Waals surface area (Å²) >= 11 is 0. The Hall–Kier alpha value is -1.24. The highest BCUT2D eigenvalue weighted by molar-refractivity contribution is 7.55. The second-order valence-corrected chi connectivity index (χ2v) is 12.4. The van der Waals surface area contributed by atoms with Crippen LogP contribution in [0.2, 0.25) is 0 Å². The van der Waals surface area contributed by atoms with E-state index in [2.05, 4.69) is 77.9 Å². The Balaban J connectivity index is 1.90. The van der Waals surface area contributed by atoms with Gasteiger partial charge in [-0.25, -0.2) is 4.98 Å². The molecule has 134 valence electrons. The highest BCUT2D eigenvalue weighted by atomic mass is 31.1. The number of nitrogens with zero attached hydrogens (tertiary/aromatic N) is 1. The van der Waals surface area contributed by atoms with Crippen molar-refractivity contribution in [2.75, 3.05) is 0 Å².